The zero-order chi connectivity index (χ0) is 10.6. The summed E-state index contributed by atoms with van der Waals surface area (Å²) in [4.78, 5) is 11.0. The Bertz CT molecular complexity index is 297. The van der Waals surface area contributed by atoms with E-state index in [1.807, 2.05) is 45.4 Å². The number of carbonyl (C=O) groups excluding carboxylic acids is 1. The van der Waals surface area contributed by atoms with Gasteiger partial charge in [0.1, 0.15) is 0 Å². The first kappa shape index (κ1) is 11.9. The summed E-state index contributed by atoms with van der Waals surface area (Å²) >= 11 is 0. The zero-order valence-electron chi connectivity index (χ0n) is 9.43. The molecule has 2 heteroatoms. The smallest absolute Gasteiger partial charge is 0.176 e. The molecule has 0 unspecified atom stereocenters. The first-order chi connectivity index (χ1) is 6.04. The highest BCUT2D eigenvalue weighted by atomic mass is 16.1. The number of Topliss-reactive ketones (excluding diaryl/α,β-unsaturated/α-hetero) is 1. The van der Waals surface area contributed by atoms with E-state index in [1.165, 1.54) is 5.56 Å². The molecule has 0 aliphatic heterocycles. The van der Waals surface area contributed by atoms with Crippen molar-refractivity contribution in [1.29, 1.82) is 0 Å². The van der Waals surface area contributed by atoms with Gasteiger partial charge in [-0.2, -0.15) is 0 Å². The molecule has 0 atom stereocenters. The van der Waals surface area contributed by atoms with Crippen LogP contribution in [0.5, 0.6) is 0 Å². The molecular formula is C11H19NO. The number of hydrogen-bond donors (Lipinski definition) is 0. The van der Waals surface area contributed by atoms with Crippen molar-refractivity contribution in [2.45, 2.75) is 34.6 Å². The van der Waals surface area contributed by atoms with Crippen molar-refractivity contribution < 1.29 is 4.79 Å². The maximum atomic E-state index is 11.0. The summed E-state index contributed by atoms with van der Waals surface area (Å²) in [6.45, 7) is 9.62. The molecule has 1 aromatic heterocycles. The van der Waals surface area contributed by atoms with E-state index in [1.54, 1.807) is 6.92 Å². The van der Waals surface area contributed by atoms with Crippen LogP contribution >= 0.6 is 0 Å². The Morgan fingerprint density at radius 2 is 1.77 bits per heavy atom. The number of ketones is 1. The van der Waals surface area contributed by atoms with E-state index in [-0.39, 0.29) is 5.78 Å². The van der Waals surface area contributed by atoms with E-state index in [2.05, 4.69) is 0 Å². The van der Waals surface area contributed by atoms with Gasteiger partial charge in [-0.1, -0.05) is 13.8 Å². The summed E-state index contributed by atoms with van der Waals surface area (Å²) in [6.07, 6.45) is 0. The second-order valence-corrected chi connectivity index (χ2v) is 2.91. The van der Waals surface area contributed by atoms with Crippen molar-refractivity contribution in [2.24, 2.45) is 7.05 Å². The van der Waals surface area contributed by atoms with Gasteiger partial charge < -0.3 is 4.57 Å². The quantitative estimate of drug-likeness (QED) is 0.611. The molecule has 1 heterocycles. The number of rotatable bonds is 1. The minimum Gasteiger partial charge on any atom is -0.345 e. The summed E-state index contributed by atoms with van der Waals surface area (Å²) in [5, 5.41) is 0. The molecule has 2 nitrogen and oxygen atoms in total. The predicted molar refractivity (Wildman–Crippen MR) is 56.2 cm³/mol. The van der Waals surface area contributed by atoms with Crippen LogP contribution in [0.3, 0.4) is 0 Å². The van der Waals surface area contributed by atoms with Gasteiger partial charge in [-0.3, -0.25) is 4.79 Å². The van der Waals surface area contributed by atoms with Gasteiger partial charge in [0.2, 0.25) is 0 Å². The molecule has 0 bridgehead atoms. The molecule has 0 amide bonds. The van der Waals surface area contributed by atoms with Crippen molar-refractivity contribution in [3.05, 3.63) is 23.0 Å². The lowest BCUT2D eigenvalue weighted by Crippen LogP contribution is -2.02. The normalized spacial score (nSPS) is 9.08. The standard InChI is InChI=1S/C9H13NO.C2H6/c1-6-5-9(8(3)11)10(4)7(6)2;1-2/h5H,1-4H3;1-2H3. The highest BCUT2D eigenvalue weighted by Crippen LogP contribution is 2.12. The Morgan fingerprint density at radius 1 is 1.31 bits per heavy atom. The van der Waals surface area contributed by atoms with Crippen LogP contribution in [0, 0.1) is 13.8 Å². The number of carbonyl (C=O) groups is 1. The van der Waals surface area contributed by atoms with E-state index in [0.29, 0.717) is 0 Å². The molecule has 0 aromatic carbocycles. The number of aromatic nitrogens is 1. The maximum absolute atomic E-state index is 11.0. The molecule has 1 rings (SSSR count). The fourth-order valence-corrected chi connectivity index (χ4v) is 1.19. The lowest BCUT2D eigenvalue weighted by Gasteiger charge is -1.99. The fraction of sp³-hybridized carbons (Fsp3) is 0.545. The third-order valence-corrected chi connectivity index (χ3v) is 2.15. The first-order valence-corrected chi connectivity index (χ1v) is 4.68. The minimum absolute atomic E-state index is 0.128. The largest absolute Gasteiger partial charge is 0.345 e. The van der Waals surface area contributed by atoms with Gasteiger partial charge in [-0.05, 0) is 25.5 Å². The van der Waals surface area contributed by atoms with E-state index in [4.69, 9.17) is 0 Å². The van der Waals surface area contributed by atoms with Crippen LogP contribution in [0.2, 0.25) is 0 Å². The zero-order valence-corrected chi connectivity index (χ0v) is 9.43. The second-order valence-electron chi connectivity index (χ2n) is 2.91. The van der Waals surface area contributed by atoms with Crippen molar-refractivity contribution in [1.82, 2.24) is 4.57 Å². The summed E-state index contributed by atoms with van der Waals surface area (Å²) in [5.74, 6) is 0.128. The molecule has 0 spiro atoms. The average Bonchev–Trinajstić information content (AvgIpc) is 2.36. The molecule has 0 radical (unpaired) electrons. The monoisotopic (exact) mass is 181 g/mol. The van der Waals surface area contributed by atoms with Crippen LogP contribution in [0.25, 0.3) is 0 Å². The van der Waals surface area contributed by atoms with Crippen molar-refractivity contribution in [2.75, 3.05) is 0 Å². The van der Waals surface area contributed by atoms with Crippen LogP contribution in [0.4, 0.5) is 0 Å². The molecule has 0 aliphatic rings. The summed E-state index contributed by atoms with van der Waals surface area (Å²) in [6, 6.07) is 1.93. The fourth-order valence-electron chi connectivity index (χ4n) is 1.19. The van der Waals surface area contributed by atoms with Gasteiger partial charge >= 0.3 is 0 Å². The van der Waals surface area contributed by atoms with E-state index < -0.39 is 0 Å². The van der Waals surface area contributed by atoms with Crippen LogP contribution in [0.15, 0.2) is 6.07 Å². The van der Waals surface area contributed by atoms with E-state index >= 15 is 0 Å². The SMILES string of the molecule is CC.CC(=O)c1cc(C)c(C)n1C. The third kappa shape index (κ3) is 2.44. The van der Waals surface area contributed by atoms with Gasteiger partial charge in [0.05, 0.1) is 5.69 Å². The minimum atomic E-state index is 0.128. The van der Waals surface area contributed by atoms with Crippen molar-refractivity contribution >= 4 is 5.78 Å². The molecule has 0 aliphatic carbocycles. The lowest BCUT2D eigenvalue weighted by atomic mass is 10.2. The predicted octanol–water partition coefficient (Wildman–Crippen LogP) is 2.87. The molecule has 0 saturated carbocycles. The molecule has 13 heavy (non-hydrogen) atoms. The Kier molecular flexibility index (Phi) is 4.46. The number of hydrogen-bond acceptors (Lipinski definition) is 1. The number of aryl methyl sites for hydroxylation is 1. The highest BCUT2D eigenvalue weighted by molar-refractivity contribution is 5.93. The third-order valence-electron chi connectivity index (χ3n) is 2.15. The molecule has 1 aromatic rings. The van der Waals surface area contributed by atoms with Crippen molar-refractivity contribution in [3.63, 3.8) is 0 Å². The first-order valence-electron chi connectivity index (χ1n) is 4.68. The number of nitrogens with zero attached hydrogens (tertiary/aromatic N) is 1. The topological polar surface area (TPSA) is 22.0 Å². The van der Waals surface area contributed by atoms with Crippen LogP contribution in [-0.4, -0.2) is 10.4 Å². The summed E-state index contributed by atoms with van der Waals surface area (Å²) in [7, 11) is 1.92. The lowest BCUT2D eigenvalue weighted by molar-refractivity contribution is 0.101. The highest BCUT2D eigenvalue weighted by Gasteiger charge is 2.08. The van der Waals surface area contributed by atoms with Crippen LogP contribution < -0.4 is 0 Å². The Morgan fingerprint density at radius 3 is 1.92 bits per heavy atom. The van der Waals surface area contributed by atoms with Gasteiger partial charge in [-0.25, -0.2) is 0 Å². The Hall–Kier alpha value is -1.05. The van der Waals surface area contributed by atoms with Gasteiger partial charge in [0, 0.05) is 19.7 Å². The van der Waals surface area contributed by atoms with Crippen LogP contribution in [0.1, 0.15) is 42.5 Å². The van der Waals surface area contributed by atoms with Crippen molar-refractivity contribution in [3.8, 4) is 0 Å². The summed E-state index contributed by atoms with van der Waals surface area (Å²) < 4.78 is 1.93. The van der Waals surface area contributed by atoms with Gasteiger partial charge in [0.15, 0.2) is 5.78 Å². The Labute approximate surface area is 80.6 Å². The molecular weight excluding hydrogens is 162 g/mol. The molecule has 0 saturated heterocycles. The molecule has 0 N–H and O–H groups in total. The van der Waals surface area contributed by atoms with Gasteiger partial charge in [-0.15, -0.1) is 0 Å². The maximum Gasteiger partial charge on any atom is 0.176 e. The van der Waals surface area contributed by atoms with E-state index in [0.717, 1.165) is 11.4 Å². The second kappa shape index (κ2) is 4.85. The average molecular weight is 181 g/mol. The van der Waals surface area contributed by atoms with Gasteiger partial charge in [0.25, 0.3) is 0 Å². The molecule has 0 fully saturated rings. The summed E-state index contributed by atoms with van der Waals surface area (Å²) in [5.41, 5.74) is 3.13. The van der Waals surface area contributed by atoms with Crippen LogP contribution in [-0.2, 0) is 7.05 Å². The molecule has 74 valence electrons. The Balaban J connectivity index is 0.000000671. The van der Waals surface area contributed by atoms with E-state index in [9.17, 15) is 4.79 Å².